The Morgan fingerprint density at radius 3 is 2.52 bits per heavy atom. The number of hydrogen-bond donors (Lipinski definition) is 0. The van der Waals surface area contributed by atoms with Gasteiger partial charge in [-0.25, -0.2) is 9.78 Å². The molecule has 0 fully saturated rings. The van der Waals surface area contributed by atoms with E-state index in [-0.39, 0.29) is 30.7 Å². The van der Waals surface area contributed by atoms with Gasteiger partial charge in [0, 0.05) is 20.6 Å². The van der Waals surface area contributed by atoms with Crippen molar-refractivity contribution in [2.75, 3.05) is 0 Å². The Morgan fingerprint density at radius 1 is 1.06 bits per heavy atom. The highest BCUT2D eigenvalue weighted by atomic mass is 16.5. The molecule has 0 saturated heterocycles. The van der Waals surface area contributed by atoms with Crippen LogP contribution < -0.4 is 11.2 Å². The maximum absolute atomic E-state index is 12.5. The molecule has 0 radical (unpaired) electrons. The Hall–Kier alpha value is -4.45. The number of nitrogens with zero attached hydrogens (tertiary/aromatic N) is 5. The van der Waals surface area contributed by atoms with E-state index in [1.54, 1.807) is 17.7 Å². The molecular weight excluding hydrogens is 422 g/mol. The average Bonchev–Trinajstić information content (AvgIpc) is 3.28. The maximum Gasteiger partial charge on any atom is 0.332 e. The molecule has 9 nitrogen and oxygen atoms in total. The molecule has 33 heavy (non-hydrogen) atoms. The standard InChI is InChI=1S/C24H21N5O4/c1-27-22-21(23(31)28(2)24(27)32)29(15-26-22)12-11-20(30)33-14-16-7-9-17(10-8-16)19-6-4-3-5-18(19)13-25/h3-10,15H,11-12,14H2,1-2H3. The van der Waals surface area contributed by atoms with Crippen molar-refractivity contribution in [2.24, 2.45) is 14.1 Å². The fourth-order valence-corrected chi connectivity index (χ4v) is 3.63. The van der Waals surface area contributed by atoms with E-state index < -0.39 is 17.2 Å². The number of ether oxygens (including phenoxy) is 1. The van der Waals surface area contributed by atoms with Crippen LogP contribution in [0.15, 0.2) is 64.4 Å². The molecule has 9 heteroatoms. The molecule has 4 aromatic rings. The zero-order valence-electron chi connectivity index (χ0n) is 18.2. The van der Waals surface area contributed by atoms with Gasteiger partial charge in [-0.15, -0.1) is 0 Å². The number of aryl methyl sites for hydroxylation is 2. The summed E-state index contributed by atoms with van der Waals surface area (Å²) in [6.07, 6.45) is 1.49. The van der Waals surface area contributed by atoms with Gasteiger partial charge in [0.1, 0.15) is 6.61 Å². The second-order valence-electron chi connectivity index (χ2n) is 7.58. The third-order valence-electron chi connectivity index (χ3n) is 5.49. The molecule has 4 rings (SSSR count). The minimum atomic E-state index is -0.461. The fraction of sp³-hybridized carbons (Fsp3) is 0.208. The molecule has 0 unspecified atom stereocenters. The van der Waals surface area contributed by atoms with Gasteiger partial charge in [-0.1, -0.05) is 42.5 Å². The summed E-state index contributed by atoms with van der Waals surface area (Å²) in [7, 11) is 2.94. The predicted molar refractivity (Wildman–Crippen MR) is 121 cm³/mol. The summed E-state index contributed by atoms with van der Waals surface area (Å²) in [6, 6.07) is 17.0. The third kappa shape index (κ3) is 4.19. The lowest BCUT2D eigenvalue weighted by atomic mass is 9.99. The summed E-state index contributed by atoms with van der Waals surface area (Å²) in [5.74, 6) is -0.419. The predicted octanol–water partition coefficient (Wildman–Crippen LogP) is 2.11. The molecule has 0 saturated carbocycles. The van der Waals surface area contributed by atoms with E-state index in [1.165, 1.54) is 17.9 Å². The Morgan fingerprint density at radius 2 is 1.79 bits per heavy atom. The van der Waals surface area contributed by atoms with Gasteiger partial charge < -0.3 is 9.30 Å². The van der Waals surface area contributed by atoms with Crippen molar-refractivity contribution in [3.8, 4) is 17.2 Å². The first-order valence-electron chi connectivity index (χ1n) is 10.3. The van der Waals surface area contributed by atoms with E-state index in [0.29, 0.717) is 5.56 Å². The number of carbonyl (C=O) groups is 1. The molecule has 2 aromatic carbocycles. The van der Waals surface area contributed by atoms with Crippen LogP contribution in [-0.4, -0.2) is 24.7 Å². The normalized spacial score (nSPS) is 10.8. The maximum atomic E-state index is 12.5. The quantitative estimate of drug-likeness (QED) is 0.422. The number of imidazole rings is 1. The molecule has 0 atom stereocenters. The number of esters is 1. The van der Waals surface area contributed by atoms with Crippen molar-refractivity contribution < 1.29 is 9.53 Å². The zero-order chi connectivity index (χ0) is 23.5. The van der Waals surface area contributed by atoms with Crippen molar-refractivity contribution in [1.29, 1.82) is 5.26 Å². The zero-order valence-corrected chi connectivity index (χ0v) is 18.2. The van der Waals surface area contributed by atoms with Crippen LogP contribution in [0.25, 0.3) is 22.3 Å². The van der Waals surface area contributed by atoms with Crippen molar-refractivity contribution in [3.05, 3.63) is 86.8 Å². The average molecular weight is 443 g/mol. The second-order valence-corrected chi connectivity index (χ2v) is 7.58. The molecule has 166 valence electrons. The van der Waals surface area contributed by atoms with Gasteiger partial charge in [0.15, 0.2) is 11.2 Å². The van der Waals surface area contributed by atoms with Gasteiger partial charge in [0.25, 0.3) is 5.56 Å². The van der Waals surface area contributed by atoms with E-state index in [4.69, 9.17) is 4.74 Å². The summed E-state index contributed by atoms with van der Waals surface area (Å²) >= 11 is 0. The molecule has 0 amide bonds. The number of nitriles is 1. The summed E-state index contributed by atoms with van der Waals surface area (Å²) in [5.41, 5.74) is 2.79. The Labute approximate surface area is 188 Å². The second kappa shape index (κ2) is 8.96. The van der Waals surface area contributed by atoms with Crippen LogP contribution in [0.5, 0.6) is 0 Å². The third-order valence-corrected chi connectivity index (χ3v) is 5.49. The van der Waals surface area contributed by atoms with Gasteiger partial charge in [-0.3, -0.25) is 18.7 Å². The summed E-state index contributed by atoms with van der Waals surface area (Å²) in [6.45, 7) is 0.312. The Bertz CT molecular complexity index is 1500. The summed E-state index contributed by atoms with van der Waals surface area (Å²) < 4.78 is 9.22. The van der Waals surface area contributed by atoms with Crippen LogP contribution in [0.2, 0.25) is 0 Å². The van der Waals surface area contributed by atoms with Gasteiger partial charge in [0.05, 0.1) is 24.4 Å². The highest BCUT2D eigenvalue weighted by Gasteiger charge is 2.15. The summed E-state index contributed by atoms with van der Waals surface area (Å²) in [4.78, 5) is 40.9. The van der Waals surface area contributed by atoms with Crippen molar-refractivity contribution in [3.63, 3.8) is 0 Å². The Kier molecular flexibility index (Phi) is 5.91. The van der Waals surface area contributed by atoms with Gasteiger partial charge in [-0.2, -0.15) is 5.26 Å². The van der Waals surface area contributed by atoms with Gasteiger partial charge in [-0.05, 0) is 22.8 Å². The van der Waals surface area contributed by atoms with Crippen molar-refractivity contribution in [2.45, 2.75) is 19.6 Å². The molecular formula is C24H21N5O4. The lowest BCUT2D eigenvalue weighted by molar-refractivity contribution is -0.145. The molecule has 2 aromatic heterocycles. The van der Waals surface area contributed by atoms with E-state index in [9.17, 15) is 19.6 Å². The molecule has 0 bridgehead atoms. The van der Waals surface area contributed by atoms with E-state index >= 15 is 0 Å². The highest BCUT2D eigenvalue weighted by Crippen LogP contribution is 2.23. The van der Waals surface area contributed by atoms with Crippen LogP contribution in [0.3, 0.4) is 0 Å². The first-order chi connectivity index (χ1) is 15.9. The fourth-order valence-electron chi connectivity index (χ4n) is 3.63. The van der Waals surface area contributed by atoms with Crippen molar-refractivity contribution in [1.82, 2.24) is 18.7 Å². The minimum absolute atomic E-state index is 0.0467. The Balaban J connectivity index is 1.39. The topological polar surface area (TPSA) is 112 Å². The van der Waals surface area contributed by atoms with Crippen molar-refractivity contribution >= 4 is 17.1 Å². The van der Waals surface area contributed by atoms with Crippen LogP contribution in [0, 0.1) is 11.3 Å². The van der Waals surface area contributed by atoms with Crippen LogP contribution in [0.4, 0.5) is 0 Å². The SMILES string of the molecule is Cn1c(=O)c2c(ncn2CCC(=O)OCc2ccc(-c3ccccc3C#N)cc2)n(C)c1=O. The summed E-state index contributed by atoms with van der Waals surface area (Å²) in [5, 5.41) is 9.26. The first kappa shape index (κ1) is 21.8. The van der Waals surface area contributed by atoms with Crippen LogP contribution in [-0.2, 0) is 36.8 Å². The van der Waals surface area contributed by atoms with Gasteiger partial charge in [0.2, 0.25) is 0 Å². The van der Waals surface area contributed by atoms with E-state index in [0.717, 1.165) is 21.3 Å². The molecule has 0 aliphatic carbocycles. The monoisotopic (exact) mass is 443 g/mol. The number of carbonyl (C=O) groups excluding carboxylic acids is 1. The molecule has 0 aliphatic rings. The largest absolute Gasteiger partial charge is 0.461 e. The lowest BCUT2D eigenvalue weighted by Gasteiger charge is -2.08. The van der Waals surface area contributed by atoms with Crippen LogP contribution in [0.1, 0.15) is 17.5 Å². The number of benzene rings is 2. The molecule has 2 heterocycles. The number of fused-ring (bicyclic) bond motifs is 1. The number of rotatable bonds is 6. The molecule has 0 spiro atoms. The van der Waals surface area contributed by atoms with E-state index in [1.807, 2.05) is 42.5 Å². The van der Waals surface area contributed by atoms with E-state index in [2.05, 4.69) is 11.1 Å². The lowest BCUT2D eigenvalue weighted by Crippen LogP contribution is -2.37. The number of hydrogen-bond acceptors (Lipinski definition) is 6. The molecule has 0 N–H and O–H groups in total. The smallest absolute Gasteiger partial charge is 0.332 e. The van der Waals surface area contributed by atoms with Gasteiger partial charge >= 0.3 is 11.7 Å². The minimum Gasteiger partial charge on any atom is -0.461 e. The highest BCUT2D eigenvalue weighted by molar-refractivity contribution is 5.72. The molecule has 0 aliphatic heterocycles. The number of aromatic nitrogens is 4. The first-order valence-corrected chi connectivity index (χ1v) is 10.3. The van der Waals surface area contributed by atoms with Crippen LogP contribution >= 0.6 is 0 Å².